The second-order valence-corrected chi connectivity index (χ2v) is 10.9. The Balaban J connectivity index is 1.75. The Labute approximate surface area is 189 Å². The van der Waals surface area contributed by atoms with E-state index in [0.717, 1.165) is 47.6 Å². The zero-order valence-corrected chi connectivity index (χ0v) is 20.2. The molecular weight excluding hydrogens is 432 g/mol. The van der Waals surface area contributed by atoms with Crippen LogP contribution in [0.5, 0.6) is 0 Å². The first-order chi connectivity index (χ1) is 14.5. The van der Waals surface area contributed by atoms with Gasteiger partial charge in [-0.3, -0.25) is 9.78 Å². The zero-order valence-electron chi connectivity index (χ0n) is 18.6. The number of nitrogens with one attached hydrogen (secondary N) is 1. The number of thiazole rings is 1. The maximum absolute atomic E-state index is 12.6. The molecule has 31 heavy (non-hydrogen) atoms. The molecule has 0 unspecified atom stereocenters. The average Bonchev–Trinajstić information content (AvgIpc) is 3.19. The normalized spacial score (nSPS) is 13.9. The Morgan fingerprint density at radius 3 is 2.61 bits per heavy atom. The maximum Gasteiger partial charge on any atom is 0.410 e. The van der Waals surface area contributed by atoms with E-state index in [0.29, 0.717) is 19.5 Å². The lowest BCUT2D eigenvalue weighted by Gasteiger charge is -2.30. The monoisotopic (exact) mass is 458 g/mol. The molecule has 3 aromatic heterocycles. The molecule has 0 spiro atoms. The highest BCUT2D eigenvalue weighted by molar-refractivity contribution is 7.23. The molecule has 0 atom stereocenters. The molecule has 3 aromatic rings. The molecule has 0 fully saturated rings. The van der Waals surface area contributed by atoms with Crippen molar-refractivity contribution in [2.45, 2.75) is 60.1 Å². The largest absolute Gasteiger partial charge is 0.444 e. The second kappa shape index (κ2) is 7.87. The zero-order chi connectivity index (χ0) is 22.5. The number of carbonyl (C=O) groups excluding carboxylic acids is 2. The van der Waals surface area contributed by atoms with Crippen LogP contribution in [0.25, 0.3) is 20.8 Å². The topological polar surface area (TPSA) is 84.4 Å². The molecule has 9 heteroatoms. The van der Waals surface area contributed by atoms with Gasteiger partial charge in [0.15, 0.2) is 0 Å². The predicted octanol–water partition coefficient (Wildman–Crippen LogP) is 5.29. The molecule has 0 saturated heterocycles. The lowest BCUT2D eigenvalue weighted by molar-refractivity contribution is -0.114. The lowest BCUT2D eigenvalue weighted by Crippen LogP contribution is -2.39. The maximum atomic E-state index is 12.6. The van der Waals surface area contributed by atoms with Crippen LogP contribution < -0.4 is 5.32 Å². The van der Waals surface area contributed by atoms with Gasteiger partial charge in [0, 0.05) is 29.6 Å². The molecule has 7 nitrogen and oxygen atoms in total. The molecule has 0 saturated carbocycles. The summed E-state index contributed by atoms with van der Waals surface area (Å²) in [5, 5.41) is 4.63. The van der Waals surface area contributed by atoms with E-state index in [2.05, 4.69) is 10.3 Å². The summed E-state index contributed by atoms with van der Waals surface area (Å²) < 4.78 is 6.63. The molecule has 1 N–H and O–H groups in total. The standard InChI is InChI=1S/C22H26N4O3S2/c1-11-9-15-18(12(2)23-11)25-20(30-15)17-14-7-8-26(21(28)29-22(4,5)6)10-16(14)31-19(17)24-13(3)27/h9H,7-8,10H2,1-6H3,(H,24,27). The number of anilines is 1. The van der Waals surface area contributed by atoms with Gasteiger partial charge in [0.1, 0.15) is 21.1 Å². The Bertz CT molecular complexity index is 1190. The number of carbonyl (C=O) groups is 2. The Hall–Kier alpha value is -2.52. The van der Waals surface area contributed by atoms with E-state index in [9.17, 15) is 9.59 Å². The number of amides is 2. The van der Waals surface area contributed by atoms with Gasteiger partial charge in [-0.15, -0.1) is 22.7 Å². The minimum atomic E-state index is -0.537. The fourth-order valence-electron chi connectivity index (χ4n) is 3.70. The van der Waals surface area contributed by atoms with Crippen molar-refractivity contribution in [1.82, 2.24) is 14.9 Å². The molecule has 4 heterocycles. The van der Waals surface area contributed by atoms with E-state index in [1.807, 2.05) is 40.7 Å². The second-order valence-electron chi connectivity index (χ2n) is 8.76. The van der Waals surface area contributed by atoms with Crippen molar-refractivity contribution in [2.24, 2.45) is 0 Å². The Kier molecular flexibility index (Phi) is 5.51. The first-order valence-electron chi connectivity index (χ1n) is 10.2. The van der Waals surface area contributed by atoms with Crippen LogP contribution in [0.2, 0.25) is 0 Å². The van der Waals surface area contributed by atoms with Crippen molar-refractivity contribution in [2.75, 3.05) is 11.9 Å². The van der Waals surface area contributed by atoms with Crippen molar-refractivity contribution in [3.05, 3.63) is 27.9 Å². The third-order valence-electron chi connectivity index (χ3n) is 4.89. The summed E-state index contributed by atoms with van der Waals surface area (Å²) in [6.07, 6.45) is 0.373. The summed E-state index contributed by atoms with van der Waals surface area (Å²) in [6, 6.07) is 2.05. The Morgan fingerprint density at radius 1 is 1.19 bits per heavy atom. The van der Waals surface area contributed by atoms with Gasteiger partial charge in [-0.1, -0.05) is 0 Å². The fourth-order valence-corrected chi connectivity index (χ4v) is 6.26. The minimum Gasteiger partial charge on any atom is -0.444 e. The fraction of sp³-hybridized carbons (Fsp3) is 0.455. The summed E-state index contributed by atoms with van der Waals surface area (Å²) in [7, 11) is 0. The van der Waals surface area contributed by atoms with Crippen LogP contribution >= 0.6 is 22.7 Å². The van der Waals surface area contributed by atoms with Crippen molar-refractivity contribution in [3.63, 3.8) is 0 Å². The quantitative estimate of drug-likeness (QED) is 0.564. The van der Waals surface area contributed by atoms with Crippen molar-refractivity contribution in [3.8, 4) is 10.6 Å². The van der Waals surface area contributed by atoms with Gasteiger partial charge in [-0.2, -0.15) is 0 Å². The number of thiophene rings is 1. The number of hydrogen-bond acceptors (Lipinski definition) is 7. The van der Waals surface area contributed by atoms with E-state index in [-0.39, 0.29) is 12.0 Å². The molecular formula is C22H26N4O3S2. The summed E-state index contributed by atoms with van der Waals surface area (Å²) in [5.41, 5.74) is 4.34. The van der Waals surface area contributed by atoms with Gasteiger partial charge in [0.05, 0.1) is 16.9 Å². The van der Waals surface area contributed by atoms with Crippen LogP contribution in [0.15, 0.2) is 6.07 Å². The SMILES string of the molecule is CC(=O)Nc1sc2c(c1-c1nc3c(C)nc(C)cc3s1)CCN(C(=O)OC(C)(C)C)C2. The molecule has 0 radical (unpaired) electrons. The highest BCUT2D eigenvalue weighted by Crippen LogP contribution is 2.46. The summed E-state index contributed by atoms with van der Waals surface area (Å²) >= 11 is 3.12. The van der Waals surface area contributed by atoms with E-state index >= 15 is 0 Å². The molecule has 0 bridgehead atoms. The Morgan fingerprint density at radius 2 is 1.94 bits per heavy atom. The van der Waals surface area contributed by atoms with Crippen LogP contribution in [-0.2, 0) is 22.5 Å². The van der Waals surface area contributed by atoms with Gasteiger partial charge < -0.3 is 15.0 Å². The number of aromatic nitrogens is 2. The molecule has 4 rings (SSSR count). The molecule has 0 aliphatic carbocycles. The minimum absolute atomic E-state index is 0.126. The van der Waals surface area contributed by atoms with Gasteiger partial charge in [-0.25, -0.2) is 9.78 Å². The van der Waals surface area contributed by atoms with E-state index < -0.39 is 5.60 Å². The van der Waals surface area contributed by atoms with E-state index in [4.69, 9.17) is 9.72 Å². The highest BCUT2D eigenvalue weighted by Gasteiger charge is 2.31. The van der Waals surface area contributed by atoms with Gasteiger partial charge in [-0.05, 0) is 52.7 Å². The molecule has 164 valence electrons. The number of rotatable bonds is 2. The van der Waals surface area contributed by atoms with Crippen molar-refractivity contribution in [1.29, 1.82) is 0 Å². The van der Waals surface area contributed by atoms with Crippen molar-refractivity contribution >= 4 is 49.9 Å². The smallest absolute Gasteiger partial charge is 0.410 e. The summed E-state index contributed by atoms with van der Waals surface area (Å²) in [5.74, 6) is -0.126. The van der Waals surface area contributed by atoms with Crippen LogP contribution in [-0.4, -0.2) is 39.0 Å². The summed E-state index contributed by atoms with van der Waals surface area (Å²) in [6.45, 7) is 12.1. The predicted molar refractivity (Wildman–Crippen MR) is 125 cm³/mol. The summed E-state index contributed by atoms with van der Waals surface area (Å²) in [4.78, 5) is 36.7. The van der Waals surface area contributed by atoms with Gasteiger partial charge >= 0.3 is 6.09 Å². The van der Waals surface area contributed by atoms with E-state index in [1.165, 1.54) is 18.3 Å². The first-order valence-corrected chi connectivity index (χ1v) is 11.8. The third-order valence-corrected chi connectivity index (χ3v) is 7.04. The molecule has 2 amide bonds. The molecule has 1 aliphatic heterocycles. The van der Waals surface area contributed by atoms with Crippen LogP contribution in [0.1, 0.15) is 49.5 Å². The number of fused-ring (bicyclic) bond motifs is 2. The lowest BCUT2D eigenvalue weighted by atomic mass is 10.0. The van der Waals surface area contributed by atoms with Crippen molar-refractivity contribution < 1.29 is 14.3 Å². The van der Waals surface area contributed by atoms with Crippen LogP contribution in [0.3, 0.4) is 0 Å². The number of ether oxygens (including phenoxy) is 1. The van der Waals surface area contributed by atoms with Crippen LogP contribution in [0, 0.1) is 13.8 Å². The number of aryl methyl sites for hydroxylation is 2. The number of hydrogen-bond donors (Lipinski definition) is 1. The van der Waals surface area contributed by atoms with E-state index in [1.54, 1.807) is 16.2 Å². The third kappa shape index (κ3) is 4.43. The molecule has 0 aromatic carbocycles. The molecule has 1 aliphatic rings. The van der Waals surface area contributed by atoms with Crippen LogP contribution in [0.4, 0.5) is 9.80 Å². The number of pyridine rings is 1. The van der Waals surface area contributed by atoms with Gasteiger partial charge in [0.2, 0.25) is 5.91 Å². The first kappa shape index (κ1) is 21.7. The van der Waals surface area contributed by atoms with Gasteiger partial charge in [0.25, 0.3) is 0 Å². The highest BCUT2D eigenvalue weighted by atomic mass is 32.1. The average molecular weight is 459 g/mol. The number of nitrogens with zero attached hydrogens (tertiary/aromatic N) is 3.